The van der Waals surface area contributed by atoms with E-state index in [1.165, 1.54) is 18.7 Å². The Morgan fingerprint density at radius 1 is 1.03 bits per heavy atom. The van der Waals surface area contributed by atoms with Crippen molar-refractivity contribution in [2.45, 2.75) is 25.1 Å². The molecule has 2 amide bonds. The number of aromatic nitrogens is 2. The van der Waals surface area contributed by atoms with Crippen molar-refractivity contribution in [1.29, 1.82) is 0 Å². The number of anilines is 1. The summed E-state index contributed by atoms with van der Waals surface area (Å²) in [5.41, 5.74) is 2.09. The molecule has 30 heavy (non-hydrogen) atoms. The van der Waals surface area contributed by atoms with Crippen molar-refractivity contribution in [1.82, 2.24) is 14.9 Å². The lowest BCUT2D eigenvalue weighted by Crippen LogP contribution is -2.47. The first-order chi connectivity index (χ1) is 14.7. The summed E-state index contributed by atoms with van der Waals surface area (Å²) in [5, 5.41) is 0. The van der Waals surface area contributed by atoms with Gasteiger partial charge in [0.25, 0.3) is 5.91 Å². The highest BCUT2D eigenvalue weighted by Gasteiger charge is 2.45. The fourth-order valence-electron chi connectivity index (χ4n) is 4.10. The fraction of sp³-hybridized carbons (Fsp3) is 0.217. The van der Waals surface area contributed by atoms with Gasteiger partial charge in [-0.3, -0.25) is 9.59 Å². The second-order valence-corrected chi connectivity index (χ2v) is 7.45. The number of fused-ring (bicyclic) bond motifs is 3. The molecule has 150 valence electrons. The van der Waals surface area contributed by atoms with Crippen molar-refractivity contribution >= 4 is 17.5 Å². The van der Waals surface area contributed by atoms with Gasteiger partial charge in [-0.25, -0.2) is 9.97 Å². The van der Waals surface area contributed by atoms with E-state index in [1.54, 1.807) is 9.80 Å². The number of rotatable bonds is 3. The lowest BCUT2D eigenvalue weighted by atomic mass is 10.1. The van der Waals surface area contributed by atoms with Crippen LogP contribution in [0.25, 0.3) is 0 Å². The average molecular weight is 400 g/mol. The van der Waals surface area contributed by atoms with E-state index in [1.807, 2.05) is 54.6 Å². The smallest absolute Gasteiger partial charge is 0.257 e. The number of carbonyl (C=O) groups is 2. The van der Waals surface area contributed by atoms with Crippen LogP contribution in [0.3, 0.4) is 0 Å². The summed E-state index contributed by atoms with van der Waals surface area (Å²) in [6, 6.07) is 16.7. The van der Waals surface area contributed by atoms with E-state index < -0.39 is 6.04 Å². The molecule has 5 rings (SSSR count). The quantitative estimate of drug-likeness (QED) is 0.676. The summed E-state index contributed by atoms with van der Waals surface area (Å²) in [4.78, 5) is 38.0. The van der Waals surface area contributed by atoms with Crippen molar-refractivity contribution in [2.75, 3.05) is 11.4 Å². The second-order valence-electron chi connectivity index (χ2n) is 7.45. The SMILES string of the molecule is O=C1[C@@H]2C[C@@H](CN2C(=O)c2cncnc2)Oc2ccccc2N1Cc1ccccc1. The van der Waals surface area contributed by atoms with E-state index in [-0.39, 0.29) is 17.9 Å². The highest BCUT2D eigenvalue weighted by molar-refractivity contribution is 6.03. The third-order valence-electron chi connectivity index (χ3n) is 5.52. The summed E-state index contributed by atoms with van der Waals surface area (Å²) in [7, 11) is 0. The Labute approximate surface area is 173 Å². The molecule has 2 aromatic carbocycles. The third-order valence-corrected chi connectivity index (χ3v) is 5.52. The molecule has 0 spiro atoms. The first kappa shape index (κ1) is 18.3. The molecule has 0 N–H and O–H groups in total. The number of ether oxygens (including phenoxy) is 1. The molecule has 7 heteroatoms. The molecule has 2 atom stereocenters. The molecule has 0 unspecified atom stereocenters. The Morgan fingerprint density at radius 2 is 1.77 bits per heavy atom. The molecule has 3 aromatic rings. The molecule has 2 bridgehead atoms. The minimum absolute atomic E-state index is 0.109. The second kappa shape index (κ2) is 7.59. The van der Waals surface area contributed by atoms with Crippen LogP contribution in [-0.4, -0.2) is 45.4 Å². The maximum atomic E-state index is 13.7. The maximum absolute atomic E-state index is 13.7. The Balaban J connectivity index is 1.53. The molecular weight excluding hydrogens is 380 g/mol. The molecule has 1 aromatic heterocycles. The number of amides is 2. The van der Waals surface area contributed by atoms with Crippen LogP contribution in [0.1, 0.15) is 22.3 Å². The predicted octanol–water partition coefficient (Wildman–Crippen LogP) is 2.69. The first-order valence-electron chi connectivity index (χ1n) is 9.87. The number of hydrogen-bond donors (Lipinski definition) is 0. The summed E-state index contributed by atoms with van der Waals surface area (Å²) < 4.78 is 6.24. The molecule has 1 fully saturated rings. The molecule has 7 nitrogen and oxygen atoms in total. The van der Waals surface area contributed by atoms with Gasteiger partial charge in [0.15, 0.2) is 0 Å². The third kappa shape index (κ3) is 3.28. The van der Waals surface area contributed by atoms with Crippen LogP contribution in [-0.2, 0) is 11.3 Å². The molecule has 2 aliphatic heterocycles. The van der Waals surface area contributed by atoms with E-state index in [4.69, 9.17) is 4.74 Å². The van der Waals surface area contributed by atoms with E-state index in [0.717, 1.165) is 11.3 Å². The zero-order valence-electron chi connectivity index (χ0n) is 16.2. The van der Waals surface area contributed by atoms with Crippen LogP contribution in [0.4, 0.5) is 5.69 Å². The van der Waals surface area contributed by atoms with Gasteiger partial charge in [-0.15, -0.1) is 0 Å². The van der Waals surface area contributed by atoms with E-state index in [2.05, 4.69) is 9.97 Å². The zero-order valence-corrected chi connectivity index (χ0v) is 16.2. The van der Waals surface area contributed by atoms with Crippen LogP contribution >= 0.6 is 0 Å². The van der Waals surface area contributed by atoms with Crippen molar-refractivity contribution in [2.24, 2.45) is 0 Å². The molecule has 0 radical (unpaired) electrons. The van der Waals surface area contributed by atoms with Crippen LogP contribution in [0.2, 0.25) is 0 Å². The van der Waals surface area contributed by atoms with E-state index >= 15 is 0 Å². The summed E-state index contributed by atoms with van der Waals surface area (Å²) in [6.07, 6.45) is 4.54. The van der Waals surface area contributed by atoms with Crippen LogP contribution in [0, 0.1) is 0 Å². The van der Waals surface area contributed by atoms with Crippen LogP contribution in [0.5, 0.6) is 5.75 Å². The average Bonchev–Trinajstić information content (AvgIpc) is 3.22. The number of likely N-dealkylation sites (tertiary alicyclic amines) is 1. The van der Waals surface area contributed by atoms with Crippen LogP contribution in [0.15, 0.2) is 73.3 Å². The van der Waals surface area contributed by atoms with Gasteiger partial charge < -0.3 is 14.5 Å². The minimum Gasteiger partial charge on any atom is -0.486 e. The van der Waals surface area contributed by atoms with Gasteiger partial charge in [0.2, 0.25) is 5.91 Å². The molecule has 2 aliphatic rings. The van der Waals surface area contributed by atoms with Gasteiger partial charge >= 0.3 is 0 Å². The number of para-hydroxylation sites is 2. The van der Waals surface area contributed by atoms with E-state index in [9.17, 15) is 9.59 Å². The highest BCUT2D eigenvalue weighted by atomic mass is 16.5. The first-order valence-corrected chi connectivity index (χ1v) is 9.87. The summed E-state index contributed by atoms with van der Waals surface area (Å²) in [5.74, 6) is 0.288. The normalized spacial score (nSPS) is 20.2. The van der Waals surface area contributed by atoms with Crippen molar-refractivity contribution in [3.63, 3.8) is 0 Å². The largest absolute Gasteiger partial charge is 0.486 e. The molecular formula is C23H20N4O3. The lowest BCUT2D eigenvalue weighted by molar-refractivity contribution is -0.122. The highest BCUT2D eigenvalue weighted by Crippen LogP contribution is 2.37. The molecule has 0 saturated carbocycles. The summed E-state index contributed by atoms with van der Waals surface area (Å²) in [6.45, 7) is 0.745. The number of benzene rings is 2. The topological polar surface area (TPSA) is 75.6 Å². The fourth-order valence-corrected chi connectivity index (χ4v) is 4.10. The summed E-state index contributed by atoms with van der Waals surface area (Å²) >= 11 is 0. The van der Waals surface area contributed by atoms with Gasteiger partial charge in [-0.2, -0.15) is 0 Å². The minimum atomic E-state index is -0.597. The Morgan fingerprint density at radius 3 is 2.57 bits per heavy atom. The Kier molecular flexibility index (Phi) is 4.63. The van der Waals surface area contributed by atoms with Gasteiger partial charge in [0.05, 0.1) is 24.3 Å². The predicted molar refractivity (Wildman–Crippen MR) is 110 cm³/mol. The van der Waals surface area contributed by atoms with Crippen LogP contribution < -0.4 is 9.64 Å². The van der Waals surface area contributed by atoms with Gasteiger partial charge in [-0.05, 0) is 17.7 Å². The standard InChI is InChI=1S/C23H20N4O3/c28-22(17-11-24-15-25-12-17)27-14-18-10-20(27)23(29)26(13-16-6-2-1-3-7-16)19-8-4-5-9-21(19)30-18/h1-9,11-12,15,18,20H,10,13-14H2/t18-,20-/m0/s1. The molecule has 0 aliphatic carbocycles. The molecule has 1 saturated heterocycles. The van der Waals surface area contributed by atoms with Crippen molar-refractivity contribution < 1.29 is 14.3 Å². The van der Waals surface area contributed by atoms with Gasteiger partial charge in [-0.1, -0.05) is 42.5 Å². The van der Waals surface area contributed by atoms with Gasteiger partial charge in [0.1, 0.15) is 24.2 Å². The van der Waals surface area contributed by atoms with Crippen molar-refractivity contribution in [3.05, 3.63) is 84.4 Å². The monoisotopic (exact) mass is 400 g/mol. The number of carbonyl (C=O) groups excluding carboxylic acids is 2. The zero-order chi connectivity index (χ0) is 20.5. The maximum Gasteiger partial charge on any atom is 0.257 e. The number of nitrogens with zero attached hydrogens (tertiary/aromatic N) is 4. The molecule has 3 heterocycles. The Bertz CT molecular complexity index is 1070. The van der Waals surface area contributed by atoms with Crippen molar-refractivity contribution in [3.8, 4) is 5.75 Å². The van der Waals surface area contributed by atoms with Gasteiger partial charge in [0, 0.05) is 18.8 Å². The van der Waals surface area contributed by atoms with E-state index in [0.29, 0.717) is 30.8 Å². The number of hydrogen-bond acceptors (Lipinski definition) is 5. The lowest BCUT2D eigenvalue weighted by Gasteiger charge is -2.31. The Hall–Kier alpha value is -3.74.